The van der Waals surface area contributed by atoms with E-state index >= 15 is 0 Å². The predicted octanol–water partition coefficient (Wildman–Crippen LogP) is 1.37. The van der Waals surface area contributed by atoms with E-state index in [0.29, 0.717) is 18.7 Å². The van der Waals surface area contributed by atoms with E-state index in [0.717, 1.165) is 11.1 Å². The van der Waals surface area contributed by atoms with Crippen molar-refractivity contribution >= 4 is 10.1 Å². The Kier molecular flexibility index (Phi) is 5.13. The van der Waals surface area contributed by atoms with Crippen molar-refractivity contribution in [1.29, 1.82) is 0 Å². The summed E-state index contributed by atoms with van der Waals surface area (Å²) in [4.78, 5) is 0.0603. The SMILES string of the molecule is COc1cc(C)c(C)cc1S(=O)(=O)OCCCN. The van der Waals surface area contributed by atoms with Gasteiger partial charge in [0, 0.05) is 0 Å². The summed E-state index contributed by atoms with van der Waals surface area (Å²) < 4.78 is 34.0. The van der Waals surface area contributed by atoms with Crippen molar-refractivity contribution in [2.45, 2.75) is 25.2 Å². The maximum Gasteiger partial charge on any atom is 0.300 e. The zero-order valence-corrected chi connectivity index (χ0v) is 11.7. The lowest BCUT2D eigenvalue weighted by Crippen LogP contribution is -2.12. The zero-order chi connectivity index (χ0) is 13.8. The number of methoxy groups -OCH3 is 1. The monoisotopic (exact) mass is 273 g/mol. The Hall–Kier alpha value is -1.11. The second-order valence-electron chi connectivity index (χ2n) is 4.01. The third-order valence-electron chi connectivity index (χ3n) is 2.64. The van der Waals surface area contributed by atoms with E-state index in [4.69, 9.17) is 14.7 Å². The first kappa shape index (κ1) is 14.9. The van der Waals surface area contributed by atoms with E-state index in [9.17, 15) is 8.42 Å². The Balaban J connectivity index is 3.11. The lowest BCUT2D eigenvalue weighted by molar-refractivity contribution is 0.311. The van der Waals surface area contributed by atoms with Crippen molar-refractivity contribution < 1.29 is 17.3 Å². The Morgan fingerprint density at radius 3 is 2.39 bits per heavy atom. The van der Waals surface area contributed by atoms with Gasteiger partial charge in [0.15, 0.2) is 0 Å². The average molecular weight is 273 g/mol. The van der Waals surface area contributed by atoms with Crippen LogP contribution in [0, 0.1) is 13.8 Å². The highest BCUT2D eigenvalue weighted by Crippen LogP contribution is 2.28. The Labute approximate surface area is 108 Å². The molecule has 1 aromatic carbocycles. The van der Waals surface area contributed by atoms with Gasteiger partial charge < -0.3 is 10.5 Å². The quantitative estimate of drug-likeness (QED) is 0.625. The summed E-state index contributed by atoms with van der Waals surface area (Å²) in [6.45, 7) is 4.20. The van der Waals surface area contributed by atoms with Gasteiger partial charge in [0.1, 0.15) is 10.6 Å². The summed E-state index contributed by atoms with van der Waals surface area (Å²) >= 11 is 0. The van der Waals surface area contributed by atoms with E-state index in [1.54, 1.807) is 12.1 Å². The first-order chi connectivity index (χ1) is 8.42. The molecule has 0 aromatic heterocycles. The zero-order valence-electron chi connectivity index (χ0n) is 10.9. The Bertz CT molecular complexity index is 511. The maximum absolute atomic E-state index is 12.0. The van der Waals surface area contributed by atoms with Crippen molar-refractivity contribution in [1.82, 2.24) is 0 Å². The third-order valence-corrected chi connectivity index (χ3v) is 3.97. The number of nitrogens with two attached hydrogens (primary N) is 1. The van der Waals surface area contributed by atoms with Crippen LogP contribution < -0.4 is 10.5 Å². The molecule has 0 saturated heterocycles. The van der Waals surface area contributed by atoms with Crippen molar-refractivity contribution in [3.05, 3.63) is 23.3 Å². The molecule has 0 radical (unpaired) electrons. The van der Waals surface area contributed by atoms with Gasteiger partial charge in [-0.3, -0.25) is 4.18 Å². The molecule has 18 heavy (non-hydrogen) atoms. The third kappa shape index (κ3) is 3.44. The molecular formula is C12H19NO4S. The lowest BCUT2D eigenvalue weighted by atomic mass is 10.1. The molecule has 0 heterocycles. The second kappa shape index (κ2) is 6.17. The minimum Gasteiger partial charge on any atom is -0.495 e. The van der Waals surface area contributed by atoms with Crippen LogP contribution in [0.1, 0.15) is 17.5 Å². The highest BCUT2D eigenvalue weighted by atomic mass is 32.2. The van der Waals surface area contributed by atoms with Crippen LogP contribution in [-0.4, -0.2) is 28.7 Å². The summed E-state index contributed by atoms with van der Waals surface area (Å²) in [5.41, 5.74) is 7.13. The van der Waals surface area contributed by atoms with E-state index in [1.807, 2.05) is 13.8 Å². The van der Waals surface area contributed by atoms with Gasteiger partial charge in [-0.1, -0.05) is 0 Å². The van der Waals surface area contributed by atoms with Gasteiger partial charge >= 0.3 is 10.1 Å². The Morgan fingerprint density at radius 1 is 1.22 bits per heavy atom. The van der Waals surface area contributed by atoms with Crippen LogP contribution in [-0.2, 0) is 14.3 Å². The van der Waals surface area contributed by atoms with Gasteiger partial charge in [0.05, 0.1) is 13.7 Å². The van der Waals surface area contributed by atoms with Crippen LogP contribution in [0.5, 0.6) is 5.75 Å². The average Bonchev–Trinajstić information content (AvgIpc) is 2.32. The Morgan fingerprint density at radius 2 is 1.83 bits per heavy atom. The first-order valence-electron chi connectivity index (χ1n) is 5.67. The van der Waals surface area contributed by atoms with Crippen molar-refractivity contribution in [3.63, 3.8) is 0 Å². The highest BCUT2D eigenvalue weighted by molar-refractivity contribution is 7.86. The van der Waals surface area contributed by atoms with Gasteiger partial charge in [-0.05, 0) is 50.1 Å². The van der Waals surface area contributed by atoms with Crippen molar-refractivity contribution in [3.8, 4) is 5.75 Å². The van der Waals surface area contributed by atoms with Crippen LogP contribution in [0.15, 0.2) is 17.0 Å². The molecule has 1 aromatic rings. The van der Waals surface area contributed by atoms with Gasteiger partial charge in [-0.25, -0.2) is 0 Å². The summed E-state index contributed by atoms with van der Waals surface area (Å²) in [5.74, 6) is 0.297. The molecule has 0 atom stereocenters. The largest absolute Gasteiger partial charge is 0.495 e. The molecule has 5 nitrogen and oxygen atoms in total. The molecule has 0 spiro atoms. The molecule has 2 N–H and O–H groups in total. The molecule has 0 fully saturated rings. The minimum atomic E-state index is -3.80. The molecule has 0 amide bonds. The predicted molar refractivity (Wildman–Crippen MR) is 69.3 cm³/mol. The molecule has 1 rings (SSSR count). The molecule has 0 aliphatic rings. The molecule has 0 bridgehead atoms. The fraction of sp³-hybridized carbons (Fsp3) is 0.500. The molecule has 0 unspecified atom stereocenters. The number of ether oxygens (including phenoxy) is 1. The fourth-order valence-electron chi connectivity index (χ4n) is 1.43. The molecule has 0 aliphatic heterocycles. The van der Waals surface area contributed by atoms with Gasteiger partial charge in [0.25, 0.3) is 0 Å². The van der Waals surface area contributed by atoms with Gasteiger partial charge in [-0.15, -0.1) is 0 Å². The van der Waals surface area contributed by atoms with E-state index in [-0.39, 0.29) is 11.5 Å². The van der Waals surface area contributed by atoms with Crippen LogP contribution >= 0.6 is 0 Å². The smallest absolute Gasteiger partial charge is 0.300 e. The second-order valence-corrected chi connectivity index (χ2v) is 5.59. The van der Waals surface area contributed by atoms with E-state index in [2.05, 4.69) is 0 Å². The van der Waals surface area contributed by atoms with Gasteiger partial charge in [0.2, 0.25) is 0 Å². The van der Waals surface area contributed by atoms with Crippen LogP contribution in [0.4, 0.5) is 0 Å². The number of benzene rings is 1. The maximum atomic E-state index is 12.0. The summed E-state index contributed by atoms with van der Waals surface area (Å²) in [6.07, 6.45) is 0.492. The van der Waals surface area contributed by atoms with Crippen LogP contribution in [0.3, 0.4) is 0 Å². The molecular weight excluding hydrogens is 254 g/mol. The summed E-state index contributed by atoms with van der Waals surface area (Å²) in [7, 11) is -2.36. The number of aryl methyl sites for hydroxylation is 2. The molecule has 0 saturated carbocycles. The highest BCUT2D eigenvalue weighted by Gasteiger charge is 2.21. The molecule has 0 aliphatic carbocycles. The van der Waals surface area contributed by atoms with Crippen molar-refractivity contribution in [2.75, 3.05) is 20.3 Å². The number of rotatable bonds is 6. The number of hydrogen-bond donors (Lipinski definition) is 1. The summed E-state index contributed by atoms with van der Waals surface area (Å²) in [5, 5.41) is 0. The summed E-state index contributed by atoms with van der Waals surface area (Å²) in [6, 6.07) is 3.25. The van der Waals surface area contributed by atoms with E-state index < -0.39 is 10.1 Å². The molecule has 102 valence electrons. The normalized spacial score (nSPS) is 11.6. The lowest BCUT2D eigenvalue weighted by Gasteiger charge is -2.12. The fourth-order valence-corrected chi connectivity index (χ4v) is 2.61. The van der Waals surface area contributed by atoms with Gasteiger partial charge in [-0.2, -0.15) is 8.42 Å². The van der Waals surface area contributed by atoms with Crippen molar-refractivity contribution in [2.24, 2.45) is 5.73 Å². The topological polar surface area (TPSA) is 78.6 Å². The van der Waals surface area contributed by atoms with E-state index in [1.165, 1.54) is 7.11 Å². The standard InChI is InChI=1S/C12H19NO4S/c1-9-7-11(16-3)12(8-10(9)2)18(14,15)17-6-4-5-13/h7-8H,4-6,13H2,1-3H3. The van der Waals surface area contributed by atoms with Crippen LogP contribution in [0.2, 0.25) is 0 Å². The molecule has 6 heteroatoms. The first-order valence-corrected chi connectivity index (χ1v) is 7.08. The minimum absolute atomic E-state index is 0.0603. The number of hydrogen-bond acceptors (Lipinski definition) is 5. The van der Waals surface area contributed by atoms with Crippen LogP contribution in [0.25, 0.3) is 0 Å².